The summed E-state index contributed by atoms with van der Waals surface area (Å²) in [6.45, 7) is 9.47. The van der Waals surface area contributed by atoms with Crippen molar-refractivity contribution in [3.8, 4) is 0 Å². The first-order valence-electron chi connectivity index (χ1n) is 16.9. The number of aliphatic hydroxyl groups is 3. The van der Waals surface area contributed by atoms with Gasteiger partial charge in [0.15, 0.2) is 11.9 Å². The third-order valence-electron chi connectivity index (χ3n) is 6.65. The Labute approximate surface area is 299 Å². The van der Waals surface area contributed by atoms with Gasteiger partial charge in [-0.1, -0.05) is 13.8 Å². The minimum atomic E-state index is -0.560. The number of carbonyl (C=O) groups excluding carboxylic acids is 6. The van der Waals surface area contributed by atoms with Gasteiger partial charge < -0.3 is 44.6 Å². The highest BCUT2D eigenvalue weighted by atomic mass is 16.6. The van der Waals surface area contributed by atoms with Gasteiger partial charge in [0.05, 0.1) is 39.1 Å². The molecule has 0 aromatic carbocycles. The van der Waals surface area contributed by atoms with Crippen molar-refractivity contribution >= 4 is 47.6 Å². The smallest absolute Gasteiger partial charge is 0.330 e. The molecule has 0 saturated carbocycles. The van der Waals surface area contributed by atoms with E-state index in [9.17, 15) is 28.8 Å². The summed E-state index contributed by atoms with van der Waals surface area (Å²) in [5.41, 5.74) is 0. The summed E-state index contributed by atoms with van der Waals surface area (Å²) in [4.78, 5) is 67.7. The van der Waals surface area contributed by atoms with E-state index < -0.39 is 11.9 Å². The lowest BCUT2D eigenvalue weighted by Crippen LogP contribution is -2.34. The summed E-state index contributed by atoms with van der Waals surface area (Å²) in [6.07, 6.45) is 3.87. The Hall–Kier alpha value is -4.20. The number of nitrogens with zero attached hydrogens (tertiary/aromatic N) is 2. The van der Waals surface area contributed by atoms with Gasteiger partial charge in [-0.25, -0.2) is 4.79 Å². The first kappa shape index (κ1) is 48.9. The lowest BCUT2D eigenvalue weighted by atomic mass is 10.1. The van der Waals surface area contributed by atoms with Gasteiger partial charge in [-0.05, 0) is 57.9 Å². The van der Waals surface area contributed by atoms with Crippen LogP contribution in [0.3, 0.4) is 0 Å². The van der Waals surface area contributed by atoms with Crippen LogP contribution in [0.5, 0.6) is 0 Å². The number of rotatable bonds is 13. The zero-order valence-electron chi connectivity index (χ0n) is 30.7. The van der Waals surface area contributed by atoms with Crippen molar-refractivity contribution in [2.75, 3.05) is 66.8 Å². The van der Waals surface area contributed by atoms with Crippen molar-refractivity contribution in [1.29, 1.82) is 10.8 Å². The first-order chi connectivity index (χ1) is 24.0. The summed E-state index contributed by atoms with van der Waals surface area (Å²) in [5, 5.41) is 47.2. The van der Waals surface area contributed by atoms with E-state index in [0.29, 0.717) is 45.6 Å². The molecule has 0 radical (unpaired) electrons. The Kier molecular flexibility index (Phi) is 28.3. The molecule has 294 valence electrons. The zero-order valence-corrected chi connectivity index (χ0v) is 30.7. The van der Waals surface area contributed by atoms with Gasteiger partial charge in [0, 0.05) is 40.3 Å². The van der Waals surface area contributed by atoms with Gasteiger partial charge >= 0.3 is 23.9 Å². The third kappa shape index (κ3) is 26.3. The van der Waals surface area contributed by atoms with E-state index in [2.05, 4.69) is 30.2 Å². The van der Waals surface area contributed by atoms with E-state index in [0.717, 1.165) is 25.8 Å². The summed E-state index contributed by atoms with van der Waals surface area (Å²) >= 11 is 0. The standard InChI is InChI=1S/C10H17NO4.2C7H14O3.2C4H7N3O/c1-7(6-12)5-9(13)15-10(14)8-3-2-4-11-8;1-3-10-7(9)4-6(2)5-8;1-2-10-7(9)5-3-4-6-8;2*1-7-2-3(8)6-4(7)5/h7-8,11-12H,2-6H2,1H3;6,8H,3-5H2,1-2H3;8H,2-6H2,1H3;2*2H2,1H3,(H2,5,6,8)/t7?,8-;;;;/m0..../s1. The van der Waals surface area contributed by atoms with E-state index in [4.69, 9.17) is 26.1 Å². The number of esters is 4. The predicted octanol–water partition coefficient (Wildman–Crippen LogP) is -0.928. The molecule has 3 rings (SSSR count). The number of ether oxygens (including phenoxy) is 3. The molecular formula is C32H59N7O12. The van der Waals surface area contributed by atoms with E-state index in [1.54, 1.807) is 51.6 Å². The number of hydrogen-bond donors (Lipinski definition) is 8. The minimum Gasteiger partial charge on any atom is -0.466 e. The summed E-state index contributed by atoms with van der Waals surface area (Å²) in [5.74, 6) is -1.43. The Morgan fingerprint density at radius 1 is 0.804 bits per heavy atom. The molecule has 0 aliphatic carbocycles. The third-order valence-corrected chi connectivity index (χ3v) is 6.65. The number of aliphatic hydroxyl groups excluding tert-OH is 3. The highest BCUT2D eigenvalue weighted by molar-refractivity contribution is 6.03. The maximum absolute atomic E-state index is 11.4. The highest BCUT2D eigenvalue weighted by Crippen LogP contribution is 2.09. The molecule has 3 saturated heterocycles. The second kappa shape index (κ2) is 29.5. The lowest BCUT2D eigenvalue weighted by molar-refractivity contribution is -0.161. The molecule has 3 aliphatic heterocycles. The van der Waals surface area contributed by atoms with Crippen molar-refractivity contribution < 1.29 is 58.3 Å². The molecule has 19 nitrogen and oxygen atoms in total. The van der Waals surface area contributed by atoms with Crippen LogP contribution in [0.15, 0.2) is 0 Å². The number of nitrogens with one attached hydrogen (secondary N) is 5. The number of amides is 2. The molecule has 0 aromatic rings. The van der Waals surface area contributed by atoms with Crippen LogP contribution < -0.4 is 16.0 Å². The molecule has 8 N–H and O–H groups in total. The van der Waals surface area contributed by atoms with Crippen molar-refractivity contribution in [2.45, 2.75) is 78.7 Å². The fraction of sp³-hybridized carbons (Fsp3) is 0.750. The first-order valence-corrected chi connectivity index (χ1v) is 16.9. The molecule has 0 spiro atoms. The van der Waals surface area contributed by atoms with Gasteiger partial charge in [0.2, 0.25) is 11.8 Å². The van der Waals surface area contributed by atoms with Crippen molar-refractivity contribution in [3.63, 3.8) is 0 Å². The molecule has 3 aliphatic rings. The van der Waals surface area contributed by atoms with Crippen LogP contribution in [0.4, 0.5) is 0 Å². The van der Waals surface area contributed by atoms with Gasteiger partial charge in [-0.15, -0.1) is 0 Å². The Balaban J connectivity index is 0. The molecule has 3 atom stereocenters. The summed E-state index contributed by atoms with van der Waals surface area (Å²) in [7, 11) is 3.39. The van der Waals surface area contributed by atoms with E-state index in [1.165, 1.54) is 0 Å². The SMILES string of the molecule is CC(CO)CC(=O)OC(=O)[C@@H]1CCCN1.CCOC(=O)CC(C)CO.CCOC(=O)CCCCO.CN1CC(=O)NC1=N.CN1CC(=O)NC1=N. The van der Waals surface area contributed by atoms with E-state index >= 15 is 0 Å². The fourth-order valence-electron chi connectivity index (χ4n) is 3.77. The highest BCUT2D eigenvalue weighted by Gasteiger charge is 2.26. The molecule has 3 fully saturated rings. The van der Waals surface area contributed by atoms with Gasteiger partial charge in [-0.3, -0.25) is 45.4 Å². The number of unbranched alkanes of at least 4 members (excludes halogenated alkanes) is 1. The van der Waals surface area contributed by atoms with Crippen molar-refractivity contribution in [3.05, 3.63) is 0 Å². The quantitative estimate of drug-likeness (QED) is 0.0491. The monoisotopic (exact) mass is 733 g/mol. The Bertz CT molecular complexity index is 1070. The summed E-state index contributed by atoms with van der Waals surface area (Å²) in [6, 6.07) is -0.335. The van der Waals surface area contributed by atoms with Crippen LogP contribution in [-0.2, 0) is 43.0 Å². The average Bonchev–Trinajstić information content (AvgIpc) is 3.78. The molecule has 2 unspecified atom stereocenters. The van der Waals surface area contributed by atoms with Crippen LogP contribution in [0.25, 0.3) is 0 Å². The molecule has 2 amide bonds. The normalized spacial score (nSPS) is 17.0. The van der Waals surface area contributed by atoms with Gasteiger partial charge in [0.25, 0.3) is 0 Å². The average molecular weight is 734 g/mol. The van der Waals surface area contributed by atoms with Crippen LogP contribution in [0.1, 0.15) is 72.6 Å². The number of guanidine groups is 2. The minimum absolute atomic E-state index is 0.0130. The van der Waals surface area contributed by atoms with E-state index in [-0.39, 0.29) is 79.8 Å². The molecule has 0 aromatic heterocycles. The van der Waals surface area contributed by atoms with Gasteiger partial charge in [-0.2, -0.15) is 0 Å². The maximum atomic E-state index is 11.4. The zero-order chi connectivity index (χ0) is 39.4. The molecule has 51 heavy (non-hydrogen) atoms. The molecule has 0 bridgehead atoms. The maximum Gasteiger partial charge on any atom is 0.330 e. The Morgan fingerprint density at radius 2 is 1.27 bits per heavy atom. The lowest BCUT2D eigenvalue weighted by Gasteiger charge is -2.10. The van der Waals surface area contributed by atoms with Gasteiger partial charge in [0.1, 0.15) is 6.04 Å². The Morgan fingerprint density at radius 3 is 1.61 bits per heavy atom. The van der Waals surface area contributed by atoms with Crippen LogP contribution in [0, 0.1) is 22.7 Å². The molecule has 19 heteroatoms. The second-order valence-corrected chi connectivity index (χ2v) is 11.7. The number of likely N-dealkylation sites (N-methyl/N-ethyl adjacent to an activating group) is 2. The van der Waals surface area contributed by atoms with Crippen LogP contribution in [-0.4, -0.2) is 146 Å². The number of hydrogen-bond acceptors (Lipinski definition) is 15. The van der Waals surface area contributed by atoms with Crippen LogP contribution in [0.2, 0.25) is 0 Å². The molecule has 3 heterocycles. The second-order valence-electron chi connectivity index (χ2n) is 11.7. The predicted molar refractivity (Wildman–Crippen MR) is 185 cm³/mol. The molecular weight excluding hydrogens is 674 g/mol. The topological polar surface area (TPSA) is 281 Å². The fourth-order valence-corrected chi connectivity index (χ4v) is 3.77. The van der Waals surface area contributed by atoms with Crippen LogP contribution >= 0.6 is 0 Å². The largest absolute Gasteiger partial charge is 0.466 e. The number of carbonyl (C=O) groups is 6. The van der Waals surface area contributed by atoms with E-state index in [1.807, 2.05) is 0 Å². The summed E-state index contributed by atoms with van der Waals surface area (Å²) < 4.78 is 14.0. The van der Waals surface area contributed by atoms with Crippen molar-refractivity contribution in [1.82, 2.24) is 25.8 Å². The van der Waals surface area contributed by atoms with Crippen molar-refractivity contribution in [2.24, 2.45) is 11.8 Å².